The second kappa shape index (κ2) is 6.48. The summed E-state index contributed by atoms with van der Waals surface area (Å²) >= 11 is 0. The van der Waals surface area contributed by atoms with E-state index in [9.17, 15) is 4.79 Å². The Morgan fingerprint density at radius 1 is 1.10 bits per heavy atom. The third kappa shape index (κ3) is 3.21. The Labute approximate surface area is 126 Å². The number of carbonyl (C=O) groups is 1. The van der Waals surface area contributed by atoms with Gasteiger partial charge in [0.15, 0.2) is 0 Å². The molecule has 2 atom stereocenters. The molecule has 3 N–H and O–H groups in total. The summed E-state index contributed by atoms with van der Waals surface area (Å²) in [5, 5.41) is 3.12. The maximum Gasteiger partial charge on any atom is 0.229 e. The number of nitrogens with zero attached hydrogens (tertiary/aromatic N) is 1. The fourth-order valence-electron chi connectivity index (χ4n) is 3.53. The van der Waals surface area contributed by atoms with Crippen molar-refractivity contribution in [2.45, 2.75) is 44.6 Å². The van der Waals surface area contributed by atoms with E-state index in [0.717, 1.165) is 43.7 Å². The Hall–Kier alpha value is -1.55. The fourth-order valence-corrected chi connectivity index (χ4v) is 3.53. The Balaban J connectivity index is 1.74. The van der Waals surface area contributed by atoms with E-state index in [0.29, 0.717) is 0 Å². The van der Waals surface area contributed by atoms with E-state index in [1.165, 1.54) is 19.3 Å². The van der Waals surface area contributed by atoms with Crippen LogP contribution in [0.1, 0.15) is 38.5 Å². The smallest absolute Gasteiger partial charge is 0.229 e. The van der Waals surface area contributed by atoms with E-state index >= 15 is 0 Å². The molecule has 1 aliphatic carbocycles. The van der Waals surface area contributed by atoms with Crippen LogP contribution in [0, 0.1) is 5.92 Å². The van der Waals surface area contributed by atoms with Crippen molar-refractivity contribution in [2.24, 2.45) is 11.7 Å². The zero-order chi connectivity index (χ0) is 14.7. The van der Waals surface area contributed by atoms with Gasteiger partial charge in [0.25, 0.3) is 0 Å². The Bertz CT molecular complexity index is 497. The summed E-state index contributed by atoms with van der Waals surface area (Å²) in [6.45, 7) is 2.16. The summed E-state index contributed by atoms with van der Waals surface area (Å²) in [5.41, 5.74) is 8.13. The highest BCUT2D eigenvalue weighted by Gasteiger charge is 2.30. The molecule has 2 unspecified atom stereocenters. The molecule has 0 radical (unpaired) electrons. The molecule has 0 spiro atoms. The summed E-state index contributed by atoms with van der Waals surface area (Å²) in [5.74, 6) is 0.0591. The van der Waals surface area contributed by atoms with Gasteiger partial charge in [-0.15, -0.1) is 0 Å². The molecular weight excluding hydrogens is 262 g/mol. The molecule has 21 heavy (non-hydrogen) atoms. The highest BCUT2D eigenvalue weighted by atomic mass is 16.1. The molecule has 1 saturated carbocycles. The number of nitrogens with one attached hydrogen (secondary N) is 1. The van der Waals surface area contributed by atoms with Crippen molar-refractivity contribution < 1.29 is 4.79 Å². The monoisotopic (exact) mass is 287 g/mol. The second-order valence-corrected chi connectivity index (χ2v) is 6.26. The van der Waals surface area contributed by atoms with Gasteiger partial charge in [-0.05, 0) is 44.2 Å². The molecule has 4 nitrogen and oxygen atoms in total. The predicted octanol–water partition coefficient (Wildman–Crippen LogP) is 2.74. The lowest BCUT2D eigenvalue weighted by molar-refractivity contribution is -0.120. The van der Waals surface area contributed by atoms with Crippen LogP contribution in [0.4, 0.5) is 11.4 Å². The molecule has 1 saturated heterocycles. The molecule has 0 bridgehead atoms. The number of amides is 1. The first kappa shape index (κ1) is 14.4. The summed E-state index contributed by atoms with van der Waals surface area (Å²) in [6, 6.07) is 8.16. The van der Waals surface area contributed by atoms with Crippen LogP contribution in [0.5, 0.6) is 0 Å². The summed E-state index contributed by atoms with van der Waals surface area (Å²) in [4.78, 5) is 14.8. The molecular formula is C17H25N3O. The van der Waals surface area contributed by atoms with Gasteiger partial charge in [-0.1, -0.05) is 18.6 Å². The van der Waals surface area contributed by atoms with E-state index in [1.807, 2.05) is 18.2 Å². The normalized spacial score (nSPS) is 25.9. The number of benzene rings is 1. The van der Waals surface area contributed by atoms with E-state index in [2.05, 4.69) is 16.3 Å². The first-order valence-corrected chi connectivity index (χ1v) is 8.16. The van der Waals surface area contributed by atoms with Crippen LogP contribution in [-0.2, 0) is 4.79 Å². The van der Waals surface area contributed by atoms with Gasteiger partial charge in [0.2, 0.25) is 5.91 Å². The Morgan fingerprint density at radius 2 is 1.86 bits per heavy atom. The number of nitrogens with two attached hydrogens (primary N) is 1. The highest BCUT2D eigenvalue weighted by Crippen LogP contribution is 2.30. The number of hydrogen-bond donors (Lipinski definition) is 2. The topological polar surface area (TPSA) is 58.4 Å². The molecule has 1 aromatic rings. The van der Waals surface area contributed by atoms with Crippen LogP contribution < -0.4 is 16.0 Å². The van der Waals surface area contributed by atoms with Gasteiger partial charge in [0.1, 0.15) is 0 Å². The van der Waals surface area contributed by atoms with E-state index in [4.69, 9.17) is 5.73 Å². The molecule has 0 aromatic heterocycles. The van der Waals surface area contributed by atoms with Crippen molar-refractivity contribution in [3.05, 3.63) is 24.3 Å². The predicted molar refractivity (Wildman–Crippen MR) is 86.5 cm³/mol. The first-order valence-electron chi connectivity index (χ1n) is 8.16. The average Bonchev–Trinajstić information content (AvgIpc) is 2.95. The van der Waals surface area contributed by atoms with Gasteiger partial charge < -0.3 is 16.0 Å². The summed E-state index contributed by atoms with van der Waals surface area (Å²) in [6.07, 6.45) is 6.71. The lowest BCUT2D eigenvalue weighted by Crippen LogP contribution is -2.35. The molecule has 1 amide bonds. The number of carbonyl (C=O) groups excluding carboxylic acids is 1. The fraction of sp³-hybridized carbons (Fsp3) is 0.588. The van der Waals surface area contributed by atoms with Gasteiger partial charge in [0.05, 0.1) is 17.3 Å². The van der Waals surface area contributed by atoms with Crippen LogP contribution in [0.25, 0.3) is 0 Å². The van der Waals surface area contributed by atoms with E-state index in [-0.39, 0.29) is 17.9 Å². The quantitative estimate of drug-likeness (QED) is 0.898. The van der Waals surface area contributed by atoms with E-state index in [1.54, 1.807) is 0 Å². The number of hydrogen-bond acceptors (Lipinski definition) is 3. The maximum absolute atomic E-state index is 12.5. The number of piperidine rings is 1. The second-order valence-electron chi connectivity index (χ2n) is 6.26. The summed E-state index contributed by atoms with van der Waals surface area (Å²) in [7, 11) is 0. The minimum atomic E-state index is -0.0283. The van der Waals surface area contributed by atoms with Crippen molar-refractivity contribution in [2.75, 3.05) is 23.3 Å². The molecule has 1 aliphatic heterocycles. The zero-order valence-corrected chi connectivity index (χ0v) is 12.6. The van der Waals surface area contributed by atoms with Crippen molar-refractivity contribution >= 4 is 17.3 Å². The average molecular weight is 287 g/mol. The molecule has 3 rings (SSSR count). The Morgan fingerprint density at radius 3 is 2.57 bits per heavy atom. The van der Waals surface area contributed by atoms with Crippen LogP contribution in [0.2, 0.25) is 0 Å². The minimum Gasteiger partial charge on any atom is -0.370 e. The maximum atomic E-state index is 12.5. The van der Waals surface area contributed by atoms with Gasteiger partial charge in [-0.25, -0.2) is 0 Å². The van der Waals surface area contributed by atoms with Crippen molar-refractivity contribution in [3.8, 4) is 0 Å². The molecule has 2 aliphatic rings. The van der Waals surface area contributed by atoms with Crippen molar-refractivity contribution in [1.29, 1.82) is 0 Å². The molecule has 1 heterocycles. The first-order chi connectivity index (χ1) is 10.3. The van der Waals surface area contributed by atoms with Gasteiger partial charge in [-0.2, -0.15) is 0 Å². The number of anilines is 2. The van der Waals surface area contributed by atoms with Gasteiger partial charge in [-0.3, -0.25) is 4.79 Å². The Kier molecular flexibility index (Phi) is 4.44. The SMILES string of the molecule is NC1CCCC1C(=O)Nc1ccccc1N1CCCCC1. The largest absolute Gasteiger partial charge is 0.370 e. The third-order valence-corrected chi connectivity index (χ3v) is 4.76. The summed E-state index contributed by atoms with van der Waals surface area (Å²) < 4.78 is 0. The van der Waals surface area contributed by atoms with Crippen molar-refractivity contribution in [1.82, 2.24) is 0 Å². The lowest BCUT2D eigenvalue weighted by atomic mass is 10.0. The molecule has 1 aromatic carbocycles. The molecule has 4 heteroatoms. The zero-order valence-electron chi connectivity index (χ0n) is 12.6. The minimum absolute atomic E-state index is 0.0205. The van der Waals surface area contributed by atoms with E-state index < -0.39 is 0 Å². The van der Waals surface area contributed by atoms with Crippen LogP contribution in [-0.4, -0.2) is 25.0 Å². The van der Waals surface area contributed by atoms with Crippen LogP contribution in [0.3, 0.4) is 0 Å². The highest BCUT2D eigenvalue weighted by molar-refractivity contribution is 5.96. The number of rotatable bonds is 3. The van der Waals surface area contributed by atoms with Crippen LogP contribution >= 0.6 is 0 Å². The third-order valence-electron chi connectivity index (χ3n) is 4.76. The van der Waals surface area contributed by atoms with Crippen LogP contribution in [0.15, 0.2) is 24.3 Å². The standard InChI is InChI=1S/C17H25N3O/c18-14-8-6-7-13(14)17(21)19-15-9-2-3-10-16(15)20-11-4-1-5-12-20/h2-3,9-10,13-14H,1,4-8,11-12,18H2,(H,19,21). The van der Waals surface area contributed by atoms with Gasteiger partial charge in [0, 0.05) is 19.1 Å². The molecule has 2 fully saturated rings. The lowest BCUT2D eigenvalue weighted by Gasteiger charge is -2.30. The number of para-hydroxylation sites is 2. The molecule has 114 valence electrons. The van der Waals surface area contributed by atoms with Crippen molar-refractivity contribution in [3.63, 3.8) is 0 Å². The van der Waals surface area contributed by atoms with Gasteiger partial charge >= 0.3 is 0 Å².